The number of esters is 1. The maximum Gasteiger partial charge on any atom is 0.343 e. The molecule has 0 aliphatic carbocycles. The van der Waals surface area contributed by atoms with Crippen molar-refractivity contribution in [1.82, 2.24) is 5.43 Å². The third-order valence-electron chi connectivity index (χ3n) is 3.88. The molecule has 0 heterocycles. The van der Waals surface area contributed by atoms with E-state index in [2.05, 4.69) is 26.5 Å². The summed E-state index contributed by atoms with van der Waals surface area (Å²) in [7, 11) is 1.56. The fourth-order valence-corrected chi connectivity index (χ4v) is 2.77. The van der Waals surface area contributed by atoms with Crippen molar-refractivity contribution in [2.45, 2.75) is 0 Å². The highest BCUT2D eigenvalue weighted by molar-refractivity contribution is 9.10. The Morgan fingerprint density at radius 3 is 2.28 bits per heavy atom. The summed E-state index contributed by atoms with van der Waals surface area (Å²) in [5.74, 6) is 0.308. The first-order valence-corrected chi connectivity index (χ1v) is 9.40. The lowest BCUT2D eigenvalue weighted by Crippen LogP contribution is -2.17. The minimum Gasteiger partial charge on any atom is -0.497 e. The molecular weight excluding hydrogens is 436 g/mol. The molecule has 0 atom stereocenters. The molecule has 0 saturated heterocycles. The van der Waals surface area contributed by atoms with E-state index in [9.17, 15) is 9.59 Å². The fraction of sp³-hybridized carbons (Fsp3) is 0.0455. The van der Waals surface area contributed by atoms with E-state index >= 15 is 0 Å². The summed E-state index contributed by atoms with van der Waals surface area (Å²) >= 11 is 3.32. The van der Waals surface area contributed by atoms with Gasteiger partial charge in [-0.15, -0.1) is 0 Å². The Morgan fingerprint density at radius 2 is 1.62 bits per heavy atom. The number of carbonyl (C=O) groups excluding carboxylic acids is 2. The number of rotatable bonds is 6. The molecule has 0 bridgehead atoms. The second kappa shape index (κ2) is 9.66. The molecular formula is C22H17BrN2O4. The van der Waals surface area contributed by atoms with Gasteiger partial charge in [0.1, 0.15) is 11.5 Å². The zero-order chi connectivity index (χ0) is 20.6. The first kappa shape index (κ1) is 20.3. The number of methoxy groups -OCH3 is 1. The second-order valence-electron chi connectivity index (χ2n) is 5.90. The van der Waals surface area contributed by atoms with Gasteiger partial charge >= 0.3 is 5.97 Å². The van der Waals surface area contributed by atoms with E-state index in [0.717, 1.165) is 10.0 Å². The first-order chi connectivity index (χ1) is 14.0. The fourth-order valence-electron chi connectivity index (χ4n) is 2.38. The average molecular weight is 453 g/mol. The van der Waals surface area contributed by atoms with Gasteiger partial charge in [0.05, 0.1) is 18.9 Å². The van der Waals surface area contributed by atoms with Crippen LogP contribution in [0.3, 0.4) is 0 Å². The van der Waals surface area contributed by atoms with Crippen molar-refractivity contribution in [2.75, 3.05) is 7.11 Å². The average Bonchev–Trinajstić information content (AvgIpc) is 2.75. The molecule has 0 saturated carbocycles. The molecule has 0 fully saturated rings. The largest absolute Gasteiger partial charge is 0.497 e. The van der Waals surface area contributed by atoms with E-state index in [1.807, 2.05) is 6.07 Å². The van der Waals surface area contributed by atoms with Gasteiger partial charge in [-0.05, 0) is 72.3 Å². The van der Waals surface area contributed by atoms with E-state index in [0.29, 0.717) is 22.6 Å². The highest BCUT2D eigenvalue weighted by atomic mass is 79.9. The topological polar surface area (TPSA) is 77.0 Å². The smallest absolute Gasteiger partial charge is 0.343 e. The number of amides is 1. The molecule has 0 aliphatic heterocycles. The summed E-state index contributed by atoms with van der Waals surface area (Å²) in [5.41, 5.74) is 4.12. The molecule has 0 spiro atoms. The van der Waals surface area contributed by atoms with Crippen molar-refractivity contribution in [3.8, 4) is 11.5 Å². The third-order valence-corrected chi connectivity index (χ3v) is 4.38. The van der Waals surface area contributed by atoms with Gasteiger partial charge in [0.2, 0.25) is 0 Å². The summed E-state index contributed by atoms with van der Waals surface area (Å²) in [6.45, 7) is 0. The van der Waals surface area contributed by atoms with Crippen LogP contribution in [0.2, 0.25) is 0 Å². The molecule has 3 aromatic carbocycles. The maximum atomic E-state index is 12.1. The van der Waals surface area contributed by atoms with Crippen molar-refractivity contribution in [3.05, 3.63) is 94.0 Å². The highest BCUT2D eigenvalue weighted by Crippen LogP contribution is 2.16. The van der Waals surface area contributed by atoms with Crippen LogP contribution in [0.1, 0.15) is 26.3 Å². The molecule has 3 aromatic rings. The van der Waals surface area contributed by atoms with Gasteiger partial charge in [-0.1, -0.05) is 22.0 Å². The van der Waals surface area contributed by atoms with E-state index in [4.69, 9.17) is 9.47 Å². The first-order valence-electron chi connectivity index (χ1n) is 8.60. The van der Waals surface area contributed by atoms with Crippen LogP contribution in [0.15, 0.2) is 82.4 Å². The van der Waals surface area contributed by atoms with Crippen molar-refractivity contribution in [1.29, 1.82) is 0 Å². The van der Waals surface area contributed by atoms with Gasteiger partial charge < -0.3 is 9.47 Å². The Morgan fingerprint density at radius 1 is 0.931 bits per heavy atom. The standard InChI is InChI=1S/C22H17BrN2O4/c1-28-19-11-7-16(8-12-19)21(26)25-24-14-15-5-9-20(10-6-15)29-22(27)17-3-2-4-18(23)13-17/h2-14H,1H3,(H,25,26)/b24-14+. The van der Waals surface area contributed by atoms with Crippen LogP contribution in [-0.2, 0) is 0 Å². The van der Waals surface area contributed by atoms with E-state index < -0.39 is 5.97 Å². The SMILES string of the molecule is COc1ccc(C(=O)N/N=C/c2ccc(OC(=O)c3cccc(Br)c3)cc2)cc1. The Balaban J connectivity index is 1.55. The van der Waals surface area contributed by atoms with Crippen LogP contribution >= 0.6 is 15.9 Å². The Labute approximate surface area is 176 Å². The predicted octanol–water partition coefficient (Wildman–Crippen LogP) is 4.44. The molecule has 0 unspecified atom stereocenters. The molecule has 7 heteroatoms. The van der Waals surface area contributed by atoms with E-state index in [1.165, 1.54) is 6.21 Å². The monoisotopic (exact) mass is 452 g/mol. The number of nitrogens with one attached hydrogen (secondary N) is 1. The summed E-state index contributed by atoms with van der Waals surface area (Å²) < 4.78 is 11.2. The van der Waals surface area contributed by atoms with Crippen LogP contribution in [-0.4, -0.2) is 25.2 Å². The van der Waals surface area contributed by atoms with Crippen LogP contribution in [0.5, 0.6) is 11.5 Å². The molecule has 0 aliphatic rings. The van der Waals surface area contributed by atoms with Gasteiger partial charge in [-0.2, -0.15) is 5.10 Å². The summed E-state index contributed by atoms with van der Waals surface area (Å²) in [5, 5.41) is 3.94. The lowest BCUT2D eigenvalue weighted by molar-refractivity contribution is 0.0734. The highest BCUT2D eigenvalue weighted by Gasteiger charge is 2.09. The van der Waals surface area contributed by atoms with Crippen LogP contribution in [0.4, 0.5) is 0 Å². The van der Waals surface area contributed by atoms with E-state index in [1.54, 1.807) is 73.8 Å². The van der Waals surface area contributed by atoms with Crippen LogP contribution in [0, 0.1) is 0 Å². The van der Waals surface area contributed by atoms with Crippen molar-refractivity contribution >= 4 is 34.0 Å². The number of hydrazone groups is 1. The number of hydrogen-bond donors (Lipinski definition) is 1. The molecule has 0 aromatic heterocycles. The van der Waals surface area contributed by atoms with Gasteiger partial charge in [0.15, 0.2) is 0 Å². The number of carbonyl (C=O) groups is 2. The van der Waals surface area contributed by atoms with Crippen molar-refractivity contribution < 1.29 is 19.1 Å². The number of hydrogen-bond acceptors (Lipinski definition) is 5. The maximum absolute atomic E-state index is 12.1. The van der Waals surface area contributed by atoms with Gasteiger partial charge in [-0.3, -0.25) is 4.79 Å². The van der Waals surface area contributed by atoms with Crippen LogP contribution in [0.25, 0.3) is 0 Å². The molecule has 29 heavy (non-hydrogen) atoms. The zero-order valence-electron chi connectivity index (χ0n) is 15.5. The van der Waals surface area contributed by atoms with Gasteiger partial charge in [-0.25, -0.2) is 10.2 Å². The zero-order valence-corrected chi connectivity index (χ0v) is 17.0. The summed E-state index contributed by atoms with van der Waals surface area (Å²) in [4.78, 5) is 24.2. The molecule has 6 nitrogen and oxygen atoms in total. The third kappa shape index (κ3) is 5.76. The lowest BCUT2D eigenvalue weighted by atomic mass is 10.2. The predicted molar refractivity (Wildman–Crippen MR) is 114 cm³/mol. The van der Waals surface area contributed by atoms with Gasteiger partial charge in [0, 0.05) is 10.0 Å². The molecule has 0 radical (unpaired) electrons. The number of ether oxygens (including phenoxy) is 2. The summed E-state index contributed by atoms with van der Waals surface area (Å²) in [6, 6.07) is 20.4. The van der Waals surface area contributed by atoms with Crippen molar-refractivity contribution in [2.24, 2.45) is 5.10 Å². The lowest BCUT2D eigenvalue weighted by Gasteiger charge is -2.05. The quantitative estimate of drug-likeness (QED) is 0.259. The minimum atomic E-state index is -0.445. The second-order valence-corrected chi connectivity index (χ2v) is 6.81. The Hall–Kier alpha value is -3.45. The Kier molecular flexibility index (Phi) is 6.76. The Bertz CT molecular complexity index is 1030. The normalized spacial score (nSPS) is 10.6. The van der Waals surface area contributed by atoms with Crippen LogP contribution < -0.4 is 14.9 Å². The number of halogens is 1. The van der Waals surface area contributed by atoms with Crippen molar-refractivity contribution in [3.63, 3.8) is 0 Å². The molecule has 146 valence electrons. The number of benzene rings is 3. The van der Waals surface area contributed by atoms with E-state index in [-0.39, 0.29) is 5.91 Å². The minimum absolute atomic E-state index is 0.330. The summed E-state index contributed by atoms with van der Waals surface area (Å²) in [6.07, 6.45) is 1.50. The molecule has 1 N–H and O–H groups in total. The number of nitrogens with zero attached hydrogens (tertiary/aromatic N) is 1. The molecule has 1 amide bonds. The molecule has 3 rings (SSSR count). The van der Waals surface area contributed by atoms with Gasteiger partial charge in [0.25, 0.3) is 5.91 Å².